The standard InChI is InChI=1S/C30H31B3N8O3/c1-4-27(42)35-22-16-23(25(44-30(31,32)33)17-24(22)40-12-14-43-15-13-40)36-29-34-11-10-26(37-29)41-19-21(18-39(2)3)28(38-41)20-8-6-5-7-9-20/h4-11,16-17,19H,1,12-15,18H2,2-3H3,(H,35,42)(H,34,36,37). The lowest BCUT2D eigenvalue weighted by atomic mass is 9.52. The summed E-state index contributed by atoms with van der Waals surface area (Å²) < 4.78 is 13.0. The lowest BCUT2D eigenvalue weighted by Gasteiger charge is -2.32. The van der Waals surface area contributed by atoms with Crippen LogP contribution >= 0.6 is 0 Å². The van der Waals surface area contributed by atoms with Crippen molar-refractivity contribution in [3.05, 3.63) is 79.1 Å². The fourth-order valence-corrected chi connectivity index (χ4v) is 4.77. The Morgan fingerprint density at radius 2 is 1.89 bits per heavy atom. The number of ether oxygens (including phenoxy) is 2. The number of nitrogens with one attached hydrogen (secondary N) is 2. The molecule has 2 aromatic carbocycles. The molecule has 0 bridgehead atoms. The van der Waals surface area contributed by atoms with Crippen LogP contribution in [0.2, 0.25) is 0 Å². The lowest BCUT2D eigenvalue weighted by Crippen LogP contribution is -2.38. The second kappa shape index (κ2) is 13.4. The number of carbonyl (C=O) groups is 1. The maximum Gasteiger partial charge on any atom is 0.247 e. The predicted octanol–water partition coefficient (Wildman–Crippen LogP) is 2.59. The predicted molar refractivity (Wildman–Crippen MR) is 174 cm³/mol. The summed E-state index contributed by atoms with van der Waals surface area (Å²) in [4.78, 5) is 25.6. The van der Waals surface area contributed by atoms with E-state index in [2.05, 4.69) is 32.0 Å². The molecule has 1 aliphatic rings. The molecule has 5 rings (SSSR count). The quantitative estimate of drug-likeness (QED) is 0.203. The first kappa shape index (κ1) is 30.9. The van der Waals surface area contributed by atoms with Gasteiger partial charge in [-0.1, -0.05) is 36.9 Å². The Kier molecular flexibility index (Phi) is 9.41. The van der Waals surface area contributed by atoms with Gasteiger partial charge in [-0.2, -0.15) is 10.1 Å². The van der Waals surface area contributed by atoms with Crippen LogP contribution in [0.5, 0.6) is 5.75 Å². The molecule has 44 heavy (non-hydrogen) atoms. The second-order valence-electron chi connectivity index (χ2n) is 10.5. The van der Waals surface area contributed by atoms with Crippen LogP contribution in [0.3, 0.4) is 0 Å². The first-order chi connectivity index (χ1) is 21.1. The largest absolute Gasteiger partial charge is 0.514 e. The van der Waals surface area contributed by atoms with E-state index in [1.165, 1.54) is 6.08 Å². The molecule has 11 nitrogen and oxygen atoms in total. The van der Waals surface area contributed by atoms with Crippen molar-refractivity contribution in [2.24, 2.45) is 0 Å². The molecule has 218 valence electrons. The summed E-state index contributed by atoms with van der Waals surface area (Å²) in [5.41, 5.74) is 4.42. The fraction of sp³-hybridized carbons (Fsp3) is 0.267. The number of rotatable bonds is 11. The number of hydrogen-bond donors (Lipinski definition) is 2. The number of anilines is 4. The fourth-order valence-electron chi connectivity index (χ4n) is 4.77. The Hall–Kier alpha value is -4.55. The molecule has 0 unspecified atom stereocenters. The Morgan fingerprint density at radius 1 is 1.14 bits per heavy atom. The molecule has 0 saturated carbocycles. The monoisotopic (exact) mass is 584 g/mol. The van der Waals surface area contributed by atoms with Gasteiger partial charge in [-0.25, -0.2) is 9.67 Å². The smallest absolute Gasteiger partial charge is 0.247 e. The molecule has 2 aromatic heterocycles. The van der Waals surface area contributed by atoms with Crippen molar-refractivity contribution in [3.8, 4) is 22.8 Å². The van der Waals surface area contributed by atoms with E-state index < -0.39 is 5.30 Å². The van der Waals surface area contributed by atoms with Gasteiger partial charge in [0.05, 0.1) is 36.0 Å². The van der Waals surface area contributed by atoms with Gasteiger partial charge in [0.2, 0.25) is 11.9 Å². The second-order valence-corrected chi connectivity index (χ2v) is 10.5. The summed E-state index contributed by atoms with van der Waals surface area (Å²) in [7, 11) is 21.5. The van der Waals surface area contributed by atoms with Crippen molar-refractivity contribution >= 4 is 52.5 Å². The molecule has 0 spiro atoms. The van der Waals surface area contributed by atoms with E-state index in [0.29, 0.717) is 55.7 Å². The summed E-state index contributed by atoms with van der Waals surface area (Å²) in [6, 6.07) is 15.1. The van der Waals surface area contributed by atoms with Crippen LogP contribution in [0.25, 0.3) is 17.1 Å². The molecule has 1 fully saturated rings. The van der Waals surface area contributed by atoms with Gasteiger partial charge in [0.1, 0.15) is 29.3 Å². The Bertz CT molecular complexity index is 1620. The van der Waals surface area contributed by atoms with Gasteiger partial charge in [0, 0.05) is 55.3 Å². The molecule has 4 aromatic rings. The first-order valence-corrected chi connectivity index (χ1v) is 14.0. The van der Waals surface area contributed by atoms with Crippen molar-refractivity contribution < 1.29 is 14.3 Å². The van der Waals surface area contributed by atoms with Gasteiger partial charge in [-0.15, -0.1) is 0 Å². The summed E-state index contributed by atoms with van der Waals surface area (Å²) in [5.74, 6) is 0.603. The topological polar surface area (TPSA) is 110 Å². The average molecular weight is 584 g/mol. The zero-order valence-electron chi connectivity index (χ0n) is 24.7. The number of morpholine rings is 1. The van der Waals surface area contributed by atoms with Crippen LogP contribution in [-0.4, -0.2) is 99.8 Å². The minimum atomic E-state index is -1.99. The summed E-state index contributed by atoms with van der Waals surface area (Å²) in [6.07, 6.45) is 4.76. The Balaban J connectivity index is 1.53. The van der Waals surface area contributed by atoms with Crippen molar-refractivity contribution in [2.75, 3.05) is 55.9 Å². The van der Waals surface area contributed by atoms with E-state index in [-0.39, 0.29) is 17.6 Å². The minimum absolute atomic E-state index is 0.225. The third-order valence-corrected chi connectivity index (χ3v) is 6.63. The average Bonchev–Trinajstić information content (AvgIpc) is 3.42. The van der Waals surface area contributed by atoms with E-state index >= 15 is 0 Å². The number of aromatic nitrogens is 4. The molecule has 1 saturated heterocycles. The maximum atomic E-state index is 12.4. The van der Waals surface area contributed by atoms with Crippen LogP contribution in [-0.2, 0) is 16.1 Å². The summed E-state index contributed by atoms with van der Waals surface area (Å²) >= 11 is 0. The third kappa shape index (κ3) is 7.69. The molecule has 2 N–H and O–H groups in total. The van der Waals surface area contributed by atoms with Crippen LogP contribution < -0.4 is 20.3 Å². The maximum absolute atomic E-state index is 12.4. The normalized spacial score (nSPS) is 13.5. The molecule has 0 atom stereocenters. The number of carbonyl (C=O) groups excluding carboxylic acids is 1. The summed E-state index contributed by atoms with van der Waals surface area (Å²) in [6.45, 7) is 6.50. The van der Waals surface area contributed by atoms with E-state index in [4.69, 9.17) is 43.1 Å². The summed E-state index contributed by atoms with van der Waals surface area (Å²) in [5, 5.41) is 8.91. The van der Waals surface area contributed by atoms with Gasteiger partial charge in [-0.05, 0) is 31.5 Å². The first-order valence-electron chi connectivity index (χ1n) is 14.0. The number of hydrogen-bond acceptors (Lipinski definition) is 9. The third-order valence-electron chi connectivity index (χ3n) is 6.63. The zero-order valence-corrected chi connectivity index (χ0v) is 24.7. The molecular weight excluding hydrogens is 553 g/mol. The van der Waals surface area contributed by atoms with Crippen molar-refractivity contribution in [1.82, 2.24) is 24.6 Å². The molecule has 1 aliphatic heterocycles. The Morgan fingerprint density at radius 3 is 2.57 bits per heavy atom. The van der Waals surface area contributed by atoms with E-state index in [9.17, 15) is 4.79 Å². The highest BCUT2D eigenvalue weighted by atomic mass is 16.5. The highest BCUT2D eigenvalue weighted by molar-refractivity contribution is 6.58. The van der Waals surface area contributed by atoms with Gasteiger partial charge in [0.15, 0.2) is 5.82 Å². The van der Waals surface area contributed by atoms with Crippen LogP contribution in [0.4, 0.5) is 23.0 Å². The highest BCUT2D eigenvalue weighted by Gasteiger charge is 2.23. The molecule has 14 heteroatoms. The molecule has 6 radical (unpaired) electrons. The van der Waals surface area contributed by atoms with Gasteiger partial charge in [0.25, 0.3) is 0 Å². The van der Waals surface area contributed by atoms with Crippen LogP contribution in [0.15, 0.2) is 73.6 Å². The van der Waals surface area contributed by atoms with Gasteiger partial charge < -0.3 is 29.9 Å². The molecule has 0 aliphatic carbocycles. The number of nitrogens with zero attached hydrogens (tertiary/aromatic N) is 6. The molecule has 3 heterocycles. The van der Waals surface area contributed by atoms with E-state index in [0.717, 1.165) is 16.8 Å². The minimum Gasteiger partial charge on any atom is -0.514 e. The van der Waals surface area contributed by atoms with E-state index in [1.807, 2.05) is 50.6 Å². The van der Waals surface area contributed by atoms with Crippen molar-refractivity contribution in [1.29, 1.82) is 0 Å². The van der Waals surface area contributed by atoms with E-state index in [1.54, 1.807) is 29.1 Å². The van der Waals surface area contributed by atoms with Gasteiger partial charge >= 0.3 is 0 Å². The van der Waals surface area contributed by atoms with Crippen LogP contribution in [0, 0.1) is 0 Å². The molecule has 1 amide bonds. The Labute approximate surface area is 260 Å². The number of amides is 1. The van der Waals surface area contributed by atoms with Crippen LogP contribution in [0.1, 0.15) is 5.56 Å². The number of benzene rings is 2. The van der Waals surface area contributed by atoms with Crippen molar-refractivity contribution in [3.63, 3.8) is 0 Å². The highest BCUT2D eigenvalue weighted by Crippen LogP contribution is 2.39. The lowest BCUT2D eigenvalue weighted by molar-refractivity contribution is -0.111. The van der Waals surface area contributed by atoms with Gasteiger partial charge in [-0.3, -0.25) is 4.79 Å². The van der Waals surface area contributed by atoms with Crippen molar-refractivity contribution in [2.45, 2.75) is 11.8 Å². The molecular formula is C30H31B3N8O3. The zero-order chi connectivity index (χ0) is 31.3. The SMILES string of the molecule is [B]C([B])([B])Oc1cc(N2CCOCC2)c(NC(=O)C=C)cc1Nc1nccc(-n2cc(CN(C)C)c(-c3ccccc3)n2)n1.